The molecular weight excluding hydrogens is 280 g/mol. The van der Waals surface area contributed by atoms with Gasteiger partial charge in [-0.15, -0.1) is 5.10 Å². The van der Waals surface area contributed by atoms with Crippen molar-refractivity contribution in [3.8, 4) is 6.07 Å². The van der Waals surface area contributed by atoms with Gasteiger partial charge in [-0.25, -0.2) is 9.67 Å². The van der Waals surface area contributed by atoms with Crippen LogP contribution < -0.4 is 0 Å². The molecule has 9 heteroatoms. The van der Waals surface area contributed by atoms with E-state index >= 15 is 0 Å². The van der Waals surface area contributed by atoms with Gasteiger partial charge in [0.05, 0.1) is 7.11 Å². The molecule has 0 aliphatic carbocycles. The lowest BCUT2D eigenvalue weighted by Crippen LogP contribution is -2.13. The van der Waals surface area contributed by atoms with Gasteiger partial charge in [-0.3, -0.25) is 4.79 Å². The van der Waals surface area contributed by atoms with E-state index in [-0.39, 0.29) is 6.54 Å². The van der Waals surface area contributed by atoms with Crippen LogP contribution in [0.2, 0.25) is 0 Å². The van der Waals surface area contributed by atoms with E-state index in [1.165, 1.54) is 23.6 Å². The molecule has 20 heavy (non-hydrogen) atoms. The van der Waals surface area contributed by atoms with Crippen LogP contribution in [-0.2, 0) is 21.8 Å². The predicted molar refractivity (Wildman–Crippen MR) is 68.3 cm³/mol. The van der Waals surface area contributed by atoms with Gasteiger partial charge in [-0.2, -0.15) is 5.26 Å². The lowest BCUT2D eigenvalue weighted by atomic mass is 10.2. The highest BCUT2D eigenvalue weighted by Gasteiger charge is 2.12. The predicted octanol–water partition coefficient (Wildman–Crippen LogP) is 0.405. The van der Waals surface area contributed by atoms with E-state index < -0.39 is 5.97 Å². The van der Waals surface area contributed by atoms with E-state index in [2.05, 4.69) is 25.2 Å². The van der Waals surface area contributed by atoms with Crippen LogP contribution in [0.1, 0.15) is 11.3 Å². The molecule has 2 rings (SSSR count). The molecule has 0 bridgehead atoms. The molecule has 0 spiro atoms. The maximum Gasteiger partial charge on any atom is 0.327 e. The third kappa shape index (κ3) is 3.30. The van der Waals surface area contributed by atoms with Gasteiger partial charge in [0, 0.05) is 11.9 Å². The molecule has 2 aromatic heterocycles. The Hall–Kier alpha value is -2.47. The summed E-state index contributed by atoms with van der Waals surface area (Å²) in [5.41, 5.74) is 1.15. The average molecular weight is 290 g/mol. The van der Waals surface area contributed by atoms with E-state index in [0.29, 0.717) is 16.6 Å². The van der Waals surface area contributed by atoms with Crippen LogP contribution in [0.4, 0.5) is 0 Å². The van der Waals surface area contributed by atoms with Crippen LogP contribution in [0, 0.1) is 11.3 Å². The third-order valence-electron chi connectivity index (χ3n) is 2.36. The maximum atomic E-state index is 11.2. The first-order chi connectivity index (χ1) is 9.74. The number of thioether (sulfide) groups is 1. The van der Waals surface area contributed by atoms with Crippen LogP contribution in [0.15, 0.2) is 23.5 Å². The Morgan fingerprint density at radius 1 is 1.60 bits per heavy atom. The zero-order valence-electron chi connectivity index (χ0n) is 10.6. The van der Waals surface area contributed by atoms with Crippen LogP contribution in [0.25, 0.3) is 0 Å². The van der Waals surface area contributed by atoms with Crippen LogP contribution >= 0.6 is 11.8 Å². The average Bonchev–Trinajstić information content (AvgIpc) is 2.92. The summed E-state index contributed by atoms with van der Waals surface area (Å²) in [5, 5.41) is 20.5. The van der Waals surface area contributed by atoms with Crippen molar-refractivity contribution in [3.05, 3.63) is 29.6 Å². The minimum Gasteiger partial charge on any atom is -0.468 e. The largest absolute Gasteiger partial charge is 0.468 e. The number of nitrogens with zero attached hydrogens (tertiary/aromatic N) is 6. The molecule has 0 atom stereocenters. The molecule has 0 N–H and O–H groups in total. The van der Waals surface area contributed by atoms with Gasteiger partial charge >= 0.3 is 5.97 Å². The van der Waals surface area contributed by atoms with E-state index in [0.717, 1.165) is 5.56 Å². The summed E-state index contributed by atoms with van der Waals surface area (Å²) in [6.07, 6.45) is 1.56. The summed E-state index contributed by atoms with van der Waals surface area (Å²) in [5.74, 6) is 0.0522. The molecule has 0 fully saturated rings. The molecule has 0 unspecified atom stereocenters. The fourth-order valence-electron chi connectivity index (χ4n) is 1.38. The van der Waals surface area contributed by atoms with Gasteiger partial charge in [0.1, 0.15) is 18.3 Å². The van der Waals surface area contributed by atoms with Crippen molar-refractivity contribution in [2.75, 3.05) is 7.11 Å². The maximum absolute atomic E-state index is 11.2. The van der Waals surface area contributed by atoms with Crippen molar-refractivity contribution in [1.29, 1.82) is 5.26 Å². The van der Waals surface area contributed by atoms with E-state index in [4.69, 9.17) is 5.26 Å². The summed E-state index contributed by atoms with van der Waals surface area (Å²) >= 11 is 1.32. The van der Waals surface area contributed by atoms with Crippen molar-refractivity contribution < 1.29 is 9.53 Å². The molecule has 0 aliphatic heterocycles. The van der Waals surface area contributed by atoms with Gasteiger partial charge < -0.3 is 4.74 Å². The minimum absolute atomic E-state index is 0.0516. The van der Waals surface area contributed by atoms with Gasteiger partial charge in [0.15, 0.2) is 0 Å². The van der Waals surface area contributed by atoms with Crippen molar-refractivity contribution >= 4 is 17.7 Å². The Morgan fingerprint density at radius 2 is 2.45 bits per heavy atom. The number of aromatic nitrogens is 5. The molecule has 0 aliphatic rings. The molecule has 102 valence electrons. The van der Waals surface area contributed by atoms with Gasteiger partial charge in [-0.05, 0) is 22.1 Å². The molecule has 0 saturated carbocycles. The number of hydrogen-bond acceptors (Lipinski definition) is 8. The Bertz CT molecular complexity index is 650. The smallest absolute Gasteiger partial charge is 0.327 e. The molecule has 0 saturated heterocycles. The molecule has 0 radical (unpaired) electrons. The normalized spacial score (nSPS) is 10.0. The van der Waals surface area contributed by atoms with E-state index in [1.807, 2.05) is 12.1 Å². The monoisotopic (exact) mass is 290 g/mol. The van der Waals surface area contributed by atoms with Crippen molar-refractivity contribution in [2.24, 2.45) is 0 Å². The molecule has 0 aromatic carbocycles. The molecular formula is C11H10N6O2S. The highest BCUT2D eigenvalue weighted by Crippen LogP contribution is 2.21. The topological polar surface area (TPSA) is 107 Å². The van der Waals surface area contributed by atoms with Crippen LogP contribution in [-0.4, -0.2) is 38.3 Å². The number of pyridine rings is 1. The van der Waals surface area contributed by atoms with Crippen molar-refractivity contribution in [1.82, 2.24) is 25.2 Å². The highest BCUT2D eigenvalue weighted by molar-refractivity contribution is 7.98. The highest BCUT2D eigenvalue weighted by atomic mass is 32.2. The third-order valence-corrected chi connectivity index (χ3v) is 3.37. The summed E-state index contributed by atoms with van der Waals surface area (Å²) in [6.45, 7) is -0.0516. The molecule has 0 amide bonds. The Labute approximate surface area is 118 Å². The number of carbonyl (C=O) groups excluding carboxylic acids is 1. The van der Waals surface area contributed by atoms with Crippen molar-refractivity contribution in [2.45, 2.75) is 17.5 Å². The number of carbonyl (C=O) groups is 1. The Morgan fingerprint density at radius 3 is 3.20 bits per heavy atom. The zero-order chi connectivity index (χ0) is 14.4. The van der Waals surface area contributed by atoms with Crippen LogP contribution in [0.3, 0.4) is 0 Å². The first-order valence-corrected chi connectivity index (χ1v) is 6.53. The fraction of sp³-hybridized carbons (Fsp3) is 0.273. The number of ether oxygens (including phenoxy) is 1. The fourth-order valence-corrected chi connectivity index (χ4v) is 2.25. The van der Waals surface area contributed by atoms with E-state index in [9.17, 15) is 4.79 Å². The minimum atomic E-state index is -0.432. The molecule has 2 aromatic rings. The summed E-state index contributed by atoms with van der Waals surface area (Å²) < 4.78 is 5.91. The van der Waals surface area contributed by atoms with Crippen LogP contribution in [0.5, 0.6) is 0 Å². The van der Waals surface area contributed by atoms with E-state index in [1.54, 1.807) is 12.3 Å². The quantitative estimate of drug-likeness (QED) is 0.575. The van der Waals surface area contributed by atoms with Gasteiger partial charge in [0.2, 0.25) is 5.16 Å². The summed E-state index contributed by atoms with van der Waals surface area (Å²) in [4.78, 5) is 15.2. The SMILES string of the molecule is COC(=O)Cn1nnnc1SCc1cccnc1C#N. The lowest BCUT2D eigenvalue weighted by molar-refractivity contribution is -0.141. The van der Waals surface area contributed by atoms with Gasteiger partial charge in [0.25, 0.3) is 0 Å². The lowest BCUT2D eigenvalue weighted by Gasteiger charge is -2.03. The van der Waals surface area contributed by atoms with Gasteiger partial charge in [-0.1, -0.05) is 17.8 Å². The number of tetrazole rings is 1. The number of nitriles is 1. The molecule has 8 nitrogen and oxygen atoms in total. The number of methoxy groups -OCH3 is 1. The first-order valence-electron chi connectivity index (χ1n) is 5.54. The standard InChI is InChI=1S/C11H10N6O2S/c1-19-10(18)6-17-11(14-15-16-17)20-7-8-3-2-4-13-9(8)5-12/h2-4H,6-7H2,1H3. The number of rotatable bonds is 5. The van der Waals surface area contributed by atoms with Crippen molar-refractivity contribution in [3.63, 3.8) is 0 Å². The summed E-state index contributed by atoms with van der Waals surface area (Å²) in [6, 6.07) is 5.60. The second-order valence-electron chi connectivity index (χ2n) is 3.61. The molecule has 2 heterocycles. The zero-order valence-corrected chi connectivity index (χ0v) is 11.4. The first kappa shape index (κ1) is 14.0. The number of esters is 1. The Kier molecular flexibility index (Phi) is 4.62. The Balaban J connectivity index is 2.06. The second kappa shape index (κ2) is 6.63. The number of hydrogen-bond donors (Lipinski definition) is 0. The second-order valence-corrected chi connectivity index (χ2v) is 4.55. The summed E-state index contributed by atoms with van der Waals surface area (Å²) in [7, 11) is 1.30.